The fourth-order valence-corrected chi connectivity index (χ4v) is 2.05. The van der Waals surface area contributed by atoms with Crippen molar-refractivity contribution in [1.82, 2.24) is 0 Å². The molecule has 1 rings (SSSR count). The summed E-state index contributed by atoms with van der Waals surface area (Å²) in [5.74, 6) is 0.854. The quantitative estimate of drug-likeness (QED) is 0.679. The lowest BCUT2D eigenvalue weighted by Gasteiger charge is -2.23. The minimum Gasteiger partial charge on any atom is -0.368 e. The summed E-state index contributed by atoms with van der Waals surface area (Å²) in [6.45, 7) is 7.01. The molecule has 0 aromatic heterocycles. The van der Waals surface area contributed by atoms with Crippen molar-refractivity contribution >= 4 is 5.78 Å². The Morgan fingerprint density at radius 2 is 2.07 bits per heavy atom. The highest BCUT2D eigenvalue weighted by Crippen LogP contribution is 2.29. The first-order valence-electron chi connectivity index (χ1n) is 5.79. The lowest BCUT2D eigenvalue weighted by Crippen LogP contribution is -2.35. The summed E-state index contributed by atoms with van der Waals surface area (Å²) >= 11 is 0. The second-order valence-corrected chi connectivity index (χ2v) is 4.49. The molecule has 0 spiro atoms. The maximum absolute atomic E-state index is 12.0. The van der Waals surface area contributed by atoms with E-state index in [1.807, 2.05) is 6.92 Å². The van der Waals surface area contributed by atoms with E-state index < -0.39 is 5.60 Å². The highest BCUT2D eigenvalue weighted by molar-refractivity contribution is 5.87. The van der Waals surface area contributed by atoms with Crippen molar-refractivity contribution in [2.75, 3.05) is 6.61 Å². The monoisotopic (exact) mass is 198 g/mol. The number of carbonyl (C=O) groups excluding carboxylic acids is 1. The Labute approximate surface area is 87.0 Å². The van der Waals surface area contributed by atoms with Crippen LogP contribution in [0, 0.1) is 5.92 Å². The van der Waals surface area contributed by atoms with Crippen LogP contribution in [-0.2, 0) is 9.53 Å². The molecule has 0 aromatic carbocycles. The second kappa shape index (κ2) is 4.92. The number of rotatable bonds is 5. The van der Waals surface area contributed by atoms with Gasteiger partial charge in [-0.2, -0.15) is 0 Å². The summed E-state index contributed by atoms with van der Waals surface area (Å²) in [5, 5.41) is 0. The molecule has 1 saturated heterocycles. The van der Waals surface area contributed by atoms with E-state index in [2.05, 4.69) is 13.8 Å². The zero-order valence-corrected chi connectivity index (χ0v) is 9.64. The third-order valence-electron chi connectivity index (χ3n) is 3.44. The summed E-state index contributed by atoms with van der Waals surface area (Å²) in [5.41, 5.74) is -0.456. The van der Waals surface area contributed by atoms with Crippen molar-refractivity contribution in [3.63, 3.8) is 0 Å². The predicted octanol–water partition coefficient (Wildman–Crippen LogP) is 2.95. The van der Waals surface area contributed by atoms with Gasteiger partial charge < -0.3 is 4.74 Å². The fourth-order valence-electron chi connectivity index (χ4n) is 2.05. The van der Waals surface area contributed by atoms with Gasteiger partial charge >= 0.3 is 0 Å². The van der Waals surface area contributed by atoms with E-state index in [4.69, 9.17) is 4.74 Å². The predicted molar refractivity (Wildman–Crippen MR) is 57.3 cm³/mol. The molecule has 0 aliphatic carbocycles. The van der Waals surface area contributed by atoms with Gasteiger partial charge in [-0.1, -0.05) is 26.7 Å². The van der Waals surface area contributed by atoms with E-state index in [0.717, 1.165) is 32.3 Å². The molecule has 0 amide bonds. The zero-order valence-electron chi connectivity index (χ0n) is 9.64. The molecular formula is C12H22O2. The van der Waals surface area contributed by atoms with Gasteiger partial charge in [0.15, 0.2) is 5.78 Å². The van der Waals surface area contributed by atoms with Gasteiger partial charge in [-0.25, -0.2) is 0 Å². The smallest absolute Gasteiger partial charge is 0.164 e. The van der Waals surface area contributed by atoms with Crippen LogP contribution in [0.3, 0.4) is 0 Å². The molecule has 2 heteroatoms. The Morgan fingerprint density at radius 1 is 1.43 bits per heavy atom. The molecule has 1 aliphatic rings. The van der Waals surface area contributed by atoms with E-state index in [9.17, 15) is 4.79 Å². The number of ketones is 1. The summed E-state index contributed by atoms with van der Waals surface area (Å²) < 4.78 is 5.54. The van der Waals surface area contributed by atoms with Crippen LogP contribution in [0.2, 0.25) is 0 Å². The lowest BCUT2D eigenvalue weighted by molar-refractivity contribution is -0.138. The first kappa shape index (κ1) is 11.7. The number of Topliss-reactive ketones (excluding diaryl/α,β-unsaturated/α-hetero) is 1. The standard InChI is InChI=1S/C12H22O2/c1-4-10(5-2)9-11(13)12(3)7-6-8-14-12/h10H,4-9H2,1-3H3. The van der Waals surface area contributed by atoms with Crippen LogP contribution >= 0.6 is 0 Å². The van der Waals surface area contributed by atoms with Gasteiger partial charge in [-0.3, -0.25) is 4.79 Å². The molecule has 1 atom stereocenters. The van der Waals surface area contributed by atoms with E-state index >= 15 is 0 Å². The maximum atomic E-state index is 12.0. The molecule has 2 nitrogen and oxygen atoms in total. The number of hydrogen-bond acceptors (Lipinski definition) is 2. The van der Waals surface area contributed by atoms with Crippen LogP contribution in [0.1, 0.15) is 52.9 Å². The summed E-state index contributed by atoms with van der Waals surface area (Å²) in [4.78, 5) is 12.0. The molecule has 0 saturated carbocycles. The summed E-state index contributed by atoms with van der Waals surface area (Å²) in [6.07, 6.45) is 4.83. The highest BCUT2D eigenvalue weighted by atomic mass is 16.5. The summed E-state index contributed by atoms with van der Waals surface area (Å²) in [6, 6.07) is 0. The van der Waals surface area contributed by atoms with Crippen molar-refractivity contribution in [3.8, 4) is 0 Å². The first-order chi connectivity index (χ1) is 6.62. The van der Waals surface area contributed by atoms with Gasteiger partial charge in [0.05, 0.1) is 0 Å². The van der Waals surface area contributed by atoms with E-state index in [1.54, 1.807) is 0 Å². The molecule has 0 N–H and O–H groups in total. The third-order valence-corrected chi connectivity index (χ3v) is 3.44. The molecular weight excluding hydrogens is 176 g/mol. The van der Waals surface area contributed by atoms with Crippen molar-refractivity contribution in [2.24, 2.45) is 5.92 Å². The SMILES string of the molecule is CCC(CC)CC(=O)C1(C)CCCO1. The van der Waals surface area contributed by atoms with Crippen LogP contribution < -0.4 is 0 Å². The molecule has 1 fully saturated rings. The fraction of sp³-hybridized carbons (Fsp3) is 0.917. The molecule has 0 aromatic rings. The maximum Gasteiger partial charge on any atom is 0.164 e. The Kier molecular flexibility index (Phi) is 4.11. The Bertz CT molecular complexity index is 188. The Hall–Kier alpha value is -0.370. The van der Waals surface area contributed by atoms with Gasteiger partial charge in [-0.15, -0.1) is 0 Å². The second-order valence-electron chi connectivity index (χ2n) is 4.49. The number of carbonyl (C=O) groups is 1. The van der Waals surface area contributed by atoms with Gasteiger partial charge in [0.1, 0.15) is 5.60 Å². The number of ether oxygens (including phenoxy) is 1. The molecule has 14 heavy (non-hydrogen) atoms. The Morgan fingerprint density at radius 3 is 2.50 bits per heavy atom. The molecule has 0 radical (unpaired) electrons. The zero-order chi connectivity index (χ0) is 10.6. The average molecular weight is 198 g/mol. The molecule has 0 bridgehead atoms. The van der Waals surface area contributed by atoms with Gasteiger partial charge in [0, 0.05) is 13.0 Å². The normalized spacial score (nSPS) is 27.1. The molecule has 1 unspecified atom stereocenters. The first-order valence-corrected chi connectivity index (χ1v) is 5.79. The number of hydrogen-bond donors (Lipinski definition) is 0. The van der Waals surface area contributed by atoms with Crippen molar-refractivity contribution < 1.29 is 9.53 Å². The van der Waals surface area contributed by atoms with Gasteiger partial charge in [0.25, 0.3) is 0 Å². The lowest BCUT2D eigenvalue weighted by atomic mass is 9.88. The summed E-state index contributed by atoms with van der Waals surface area (Å²) in [7, 11) is 0. The highest BCUT2D eigenvalue weighted by Gasteiger charge is 2.37. The Balaban J connectivity index is 2.48. The van der Waals surface area contributed by atoms with Crippen molar-refractivity contribution in [2.45, 2.75) is 58.5 Å². The van der Waals surface area contributed by atoms with Gasteiger partial charge in [-0.05, 0) is 25.7 Å². The van der Waals surface area contributed by atoms with Crippen LogP contribution in [0.25, 0.3) is 0 Å². The van der Waals surface area contributed by atoms with Crippen molar-refractivity contribution in [1.29, 1.82) is 0 Å². The van der Waals surface area contributed by atoms with E-state index in [-0.39, 0.29) is 0 Å². The molecule has 82 valence electrons. The minimum absolute atomic E-state index is 0.309. The van der Waals surface area contributed by atoms with E-state index in [0.29, 0.717) is 18.1 Å². The van der Waals surface area contributed by atoms with E-state index in [1.165, 1.54) is 0 Å². The topological polar surface area (TPSA) is 26.3 Å². The van der Waals surface area contributed by atoms with Crippen molar-refractivity contribution in [3.05, 3.63) is 0 Å². The molecule has 1 heterocycles. The minimum atomic E-state index is -0.456. The third kappa shape index (κ3) is 2.57. The van der Waals surface area contributed by atoms with Crippen LogP contribution in [0.15, 0.2) is 0 Å². The van der Waals surface area contributed by atoms with Crippen LogP contribution in [-0.4, -0.2) is 18.0 Å². The molecule has 1 aliphatic heterocycles. The van der Waals surface area contributed by atoms with Crippen LogP contribution in [0.4, 0.5) is 0 Å². The average Bonchev–Trinajstić information content (AvgIpc) is 2.62. The largest absolute Gasteiger partial charge is 0.368 e. The van der Waals surface area contributed by atoms with Crippen LogP contribution in [0.5, 0.6) is 0 Å². The van der Waals surface area contributed by atoms with Gasteiger partial charge in [0.2, 0.25) is 0 Å².